The van der Waals surface area contributed by atoms with Crippen LogP contribution in [-0.4, -0.2) is 48.1 Å². The van der Waals surface area contributed by atoms with E-state index >= 15 is 0 Å². The molecule has 0 spiro atoms. The Morgan fingerprint density at radius 1 is 1.26 bits per heavy atom. The fourth-order valence-electron chi connectivity index (χ4n) is 4.65. The Hall–Kier alpha value is -3.75. The van der Waals surface area contributed by atoms with Crippen LogP contribution in [-0.2, 0) is 16.0 Å². The van der Waals surface area contributed by atoms with Crippen LogP contribution in [0.5, 0.6) is 0 Å². The van der Waals surface area contributed by atoms with Crippen LogP contribution in [0.1, 0.15) is 43.2 Å². The van der Waals surface area contributed by atoms with E-state index in [4.69, 9.17) is 10.7 Å². The second-order valence-electron chi connectivity index (χ2n) is 8.69. The quantitative estimate of drug-likeness (QED) is 0.389. The van der Waals surface area contributed by atoms with Crippen molar-refractivity contribution in [2.24, 2.45) is 16.6 Å². The predicted octanol–water partition coefficient (Wildman–Crippen LogP) is 2.80. The number of allylic oxidation sites excluding steroid dienone is 1. The zero-order valence-electron chi connectivity index (χ0n) is 19.4. The molecule has 1 saturated carbocycles. The summed E-state index contributed by atoms with van der Waals surface area (Å²) in [4.78, 5) is 39.3. The normalized spacial score (nSPS) is 18.9. The van der Waals surface area contributed by atoms with E-state index in [0.717, 1.165) is 60.9 Å². The first kappa shape index (κ1) is 23.4. The Kier molecular flexibility index (Phi) is 7.51. The Morgan fingerprint density at radius 3 is 2.65 bits per heavy atom. The molecule has 2 heterocycles. The van der Waals surface area contributed by atoms with Crippen LogP contribution in [0.4, 0.5) is 17.5 Å². The molecule has 1 aliphatic carbocycles. The largest absolute Gasteiger partial charge is 0.404 e. The Morgan fingerprint density at radius 2 is 2.03 bits per heavy atom. The number of carbonyl (C=O) groups excluding carboxylic acids is 2. The molecule has 4 N–H and O–H groups in total. The highest BCUT2D eigenvalue weighted by molar-refractivity contribution is 6.09. The number of nitrogens with one attached hydrogen (secondary N) is 2. The first-order valence-corrected chi connectivity index (χ1v) is 11.7. The number of nitrogens with zero attached hydrogens (tertiary/aromatic N) is 4. The molecule has 1 saturated heterocycles. The van der Waals surface area contributed by atoms with Crippen molar-refractivity contribution in [3.63, 3.8) is 0 Å². The summed E-state index contributed by atoms with van der Waals surface area (Å²) < 4.78 is 0. The summed E-state index contributed by atoms with van der Waals surface area (Å²) in [5.74, 6) is 0.910. The van der Waals surface area contributed by atoms with Crippen molar-refractivity contribution in [3.8, 4) is 0 Å². The van der Waals surface area contributed by atoms with Crippen molar-refractivity contribution in [1.82, 2.24) is 15.3 Å². The van der Waals surface area contributed by atoms with Gasteiger partial charge in [-0.05, 0) is 43.4 Å². The molecule has 9 heteroatoms. The lowest BCUT2D eigenvalue weighted by molar-refractivity contribution is -0.122. The van der Waals surface area contributed by atoms with Gasteiger partial charge in [-0.1, -0.05) is 25.0 Å². The Balaban J connectivity index is 1.60. The monoisotopic (exact) mass is 461 g/mol. The minimum atomic E-state index is -0.123. The molecule has 0 bridgehead atoms. The fraction of sp³-hybridized carbons (Fsp3) is 0.400. The summed E-state index contributed by atoms with van der Waals surface area (Å²) in [5.41, 5.74) is 9.09. The Labute approximate surface area is 199 Å². The number of hydrogen-bond donors (Lipinski definition) is 3. The maximum absolute atomic E-state index is 12.2. The zero-order chi connectivity index (χ0) is 23.9. The van der Waals surface area contributed by atoms with Gasteiger partial charge in [-0.25, -0.2) is 4.98 Å². The van der Waals surface area contributed by atoms with Crippen LogP contribution >= 0.6 is 0 Å². The molecule has 0 radical (unpaired) electrons. The summed E-state index contributed by atoms with van der Waals surface area (Å²) in [6.45, 7) is 0.681. The van der Waals surface area contributed by atoms with Crippen LogP contribution < -0.4 is 21.3 Å². The van der Waals surface area contributed by atoms with E-state index in [-0.39, 0.29) is 17.9 Å². The molecule has 1 atom stereocenters. The van der Waals surface area contributed by atoms with Gasteiger partial charge in [-0.3, -0.25) is 19.5 Å². The minimum absolute atomic E-state index is 0.0470. The average Bonchev–Trinajstić information content (AvgIpc) is 3.52. The number of benzene rings is 1. The number of amides is 2. The van der Waals surface area contributed by atoms with E-state index in [1.54, 1.807) is 24.4 Å². The number of carbonyl (C=O) groups is 2. The lowest BCUT2D eigenvalue weighted by atomic mass is 9.99. The van der Waals surface area contributed by atoms with Crippen molar-refractivity contribution < 1.29 is 9.59 Å². The molecule has 4 rings (SSSR count). The van der Waals surface area contributed by atoms with Gasteiger partial charge >= 0.3 is 0 Å². The van der Waals surface area contributed by atoms with Gasteiger partial charge in [0.1, 0.15) is 5.82 Å². The first-order chi connectivity index (χ1) is 16.6. The maximum atomic E-state index is 12.2. The van der Waals surface area contributed by atoms with E-state index in [1.807, 2.05) is 24.3 Å². The third-order valence-electron chi connectivity index (χ3n) is 6.47. The second kappa shape index (κ2) is 10.9. The molecule has 34 heavy (non-hydrogen) atoms. The van der Waals surface area contributed by atoms with Gasteiger partial charge in [0.2, 0.25) is 18.3 Å². The van der Waals surface area contributed by atoms with Crippen LogP contribution in [0, 0.1) is 5.92 Å². The lowest BCUT2D eigenvalue weighted by Crippen LogP contribution is -2.34. The molecule has 178 valence electrons. The minimum Gasteiger partial charge on any atom is -0.404 e. The van der Waals surface area contributed by atoms with Crippen molar-refractivity contribution in [3.05, 3.63) is 47.8 Å². The standard InChI is InChI=1S/C25H31N7O2/c1-27-14-20(13-26)17-6-8-21(9-7-17)30-25-29-15-19(12-18-10-11-28-24(18)34)23(31-25)32(16-33)22-4-2-3-5-22/h6-9,13-16,18,22H,2-5,10-12,26H2,1H3,(H,28,34)(H,29,30,31)/t18-/m0/s1. The number of hydrogen-bond acceptors (Lipinski definition) is 7. The van der Waals surface area contributed by atoms with Gasteiger partial charge in [0.25, 0.3) is 0 Å². The summed E-state index contributed by atoms with van der Waals surface area (Å²) in [7, 11) is 1.70. The lowest BCUT2D eigenvalue weighted by Gasteiger charge is -2.26. The number of aromatic nitrogens is 2. The molecular weight excluding hydrogens is 430 g/mol. The molecule has 1 aromatic heterocycles. The van der Waals surface area contributed by atoms with E-state index in [2.05, 4.69) is 20.6 Å². The number of nitrogens with two attached hydrogens (primary N) is 1. The van der Waals surface area contributed by atoms with Gasteiger partial charge in [-0.15, -0.1) is 0 Å². The highest BCUT2D eigenvalue weighted by Gasteiger charge is 2.30. The average molecular weight is 462 g/mol. The third-order valence-corrected chi connectivity index (χ3v) is 6.47. The highest BCUT2D eigenvalue weighted by Crippen LogP contribution is 2.31. The van der Waals surface area contributed by atoms with Crippen molar-refractivity contribution in [2.75, 3.05) is 23.8 Å². The molecule has 9 nitrogen and oxygen atoms in total. The van der Waals surface area contributed by atoms with Gasteiger partial charge in [0.05, 0.1) is 0 Å². The molecule has 2 amide bonds. The summed E-state index contributed by atoms with van der Waals surface area (Å²) in [5, 5.41) is 6.11. The Bertz CT molecular complexity index is 1080. The zero-order valence-corrected chi connectivity index (χ0v) is 19.4. The van der Waals surface area contributed by atoms with Crippen LogP contribution in [0.2, 0.25) is 0 Å². The predicted molar refractivity (Wildman–Crippen MR) is 134 cm³/mol. The molecule has 0 unspecified atom stereocenters. The smallest absolute Gasteiger partial charge is 0.229 e. The molecule has 2 aromatic rings. The SMILES string of the molecule is CN=CC(=CN)c1ccc(Nc2ncc(C[C@@H]3CCNC3=O)c(N(C=O)C3CCCC3)n2)cc1. The van der Waals surface area contributed by atoms with E-state index < -0.39 is 0 Å². The fourth-order valence-corrected chi connectivity index (χ4v) is 4.65. The van der Waals surface area contributed by atoms with E-state index in [9.17, 15) is 9.59 Å². The summed E-state index contributed by atoms with van der Waals surface area (Å²) in [6, 6.07) is 7.82. The van der Waals surface area contributed by atoms with Gasteiger partial charge in [0.15, 0.2) is 0 Å². The van der Waals surface area contributed by atoms with Gasteiger partial charge in [-0.2, -0.15) is 4.98 Å². The number of anilines is 3. The molecular formula is C25H31N7O2. The molecule has 2 aliphatic rings. The maximum Gasteiger partial charge on any atom is 0.229 e. The summed E-state index contributed by atoms with van der Waals surface area (Å²) >= 11 is 0. The molecule has 1 aliphatic heterocycles. The van der Waals surface area contributed by atoms with Gasteiger partial charge in [0, 0.05) is 61.0 Å². The number of aliphatic imine (C=N–C) groups is 1. The molecule has 1 aromatic carbocycles. The van der Waals surface area contributed by atoms with E-state index in [1.165, 1.54) is 6.20 Å². The van der Waals surface area contributed by atoms with Gasteiger partial charge < -0.3 is 16.4 Å². The van der Waals surface area contributed by atoms with E-state index in [0.29, 0.717) is 24.7 Å². The summed E-state index contributed by atoms with van der Waals surface area (Å²) in [6.07, 6.45) is 11.2. The van der Waals surface area contributed by atoms with Crippen LogP contribution in [0.15, 0.2) is 41.7 Å². The third kappa shape index (κ3) is 5.24. The topological polar surface area (TPSA) is 126 Å². The van der Waals surface area contributed by atoms with Crippen LogP contribution in [0.3, 0.4) is 0 Å². The van der Waals surface area contributed by atoms with Crippen LogP contribution in [0.25, 0.3) is 5.57 Å². The number of rotatable bonds is 9. The molecule has 2 fully saturated rings. The highest BCUT2D eigenvalue weighted by atomic mass is 16.2. The second-order valence-corrected chi connectivity index (χ2v) is 8.69. The van der Waals surface area contributed by atoms with Crippen molar-refractivity contribution >= 4 is 41.6 Å². The van der Waals surface area contributed by atoms with Crippen molar-refractivity contribution in [2.45, 2.75) is 44.6 Å². The first-order valence-electron chi connectivity index (χ1n) is 11.7. The van der Waals surface area contributed by atoms with Crippen molar-refractivity contribution in [1.29, 1.82) is 0 Å².